The lowest BCUT2D eigenvalue weighted by molar-refractivity contribution is 0.325. The van der Waals surface area contributed by atoms with Crippen molar-refractivity contribution in [3.8, 4) is 0 Å². The van der Waals surface area contributed by atoms with Crippen LogP contribution >= 0.6 is 10.0 Å². The van der Waals surface area contributed by atoms with E-state index in [4.69, 9.17) is 0 Å². The molecule has 0 radical (unpaired) electrons. The molecule has 0 spiro atoms. The summed E-state index contributed by atoms with van der Waals surface area (Å²) >= 11 is 0. The van der Waals surface area contributed by atoms with Crippen molar-refractivity contribution in [2.45, 2.75) is 34.1 Å². The van der Waals surface area contributed by atoms with Crippen molar-refractivity contribution < 1.29 is 0 Å². The topological polar surface area (TPSA) is 0 Å². The third kappa shape index (κ3) is 1.21. The van der Waals surface area contributed by atoms with Crippen LogP contribution in [0.2, 0.25) is 0 Å². The molecule has 0 bridgehead atoms. The molecule has 2 rings (SSSR count). The molecular formula is C13H22S. The van der Waals surface area contributed by atoms with E-state index in [0.717, 1.165) is 0 Å². The number of rotatable bonds is 0. The molecular weight excluding hydrogens is 188 g/mol. The average molecular weight is 210 g/mol. The van der Waals surface area contributed by atoms with Crippen LogP contribution in [0, 0.1) is 10.8 Å². The second-order valence-electron chi connectivity index (χ2n) is 6.40. The fourth-order valence-electron chi connectivity index (χ4n) is 3.56. The Hall–Kier alpha value is -0.170. The second kappa shape index (κ2) is 2.49. The molecule has 0 N–H and O–H groups in total. The summed E-state index contributed by atoms with van der Waals surface area (Å²) in [6.07, 6.45) is 8.56. The van der Waals surface area contributed by atoms with Crippen molar-refractivity contribution in [1.29, 1.82) is 0 Å². The lowest BCUT2D eigenvalue weighted by Crippen LogP contribution is -2.17. The zero-order valence-corrected chi connectivity index (χ0v) is 11.1. The number of hydrogen-bond donors (Lipinski definition) is 0. The minimum Gasteiger partial charge on any atom is -0.203 e. The first-order chi connectivity index (χ1) is 6.17. The molecule has 0 nitrogen and oxygen atoms in total. The standard InChI is InChI=1S/C13H22S/c1-12(2)9-13(3,4)11-10(12)7-8-14(11,5)6/h7-8H,9H2,1-6H3. The van der Waals surface area contributed by atoms with Crippen LogP contribution in [0.3, 0.4) is 0 Å². The summed E-state index contributed by atoms with van der Waals surface area (Å²) in [5, 5.41) is 2.46. The van der Waals surface area contributed by atoms with Crippen LogP contribution < -0.4 is 0 Å². The van der Waals surface area contributed by atoms with E-state index in [1.807, 2.05) is 0 Å². The van der Waals surface area contributed by atoms with Crippen LogP contribution in [0.15, 0.2) is 22.0 Å². The van der Waals surface area contributed by atoms with Gasteiger partial charge in [-0.2, -0.15) is 0 Å². The van der Waals surface area contributed by atoms with E-state index in [1.165, 1.54) is 6.42 Å². The summed E-state index contributed by atoms with van der Waals surface area (Å²) in [7, 11) is -0.603. The summed E-state index contributed by atoms with van der Waals surface area (Å²) in [6.45, 7) is 9.61. The largest absolute Gasteiger partial charge is 0.203 e. The molecule has 0 aromatic heterocycles. The van der Waals surface area contributed by atoms with Gasteiger partial charge in [-0.15, -0.1) is 0 Å². The third-order valence-electron chi connectivity index (χ3n) is 3.57. The van der Waals surface area contributed by atoms with E-state index < -0.39 is 10.0 Å². The van der Waals surface area contributed by atoms with Crippen LogP contribution in [0.1, 0.15) is 34.1 Å². The van der Waals surface area contributed by atoms with E-state index in [0.29, 0.717) is 10.8 Å². The molecule has 0 saturated carbocycles. The molecule has 80 valence electrons. The maximum absolute atomic E-state index is 2.46. The smallest absolute Gasteiger partial charge is 0.00446 e. The summed E-state index contributed by atoms with van der Waals surface area (Å²) in [6, 6.07) is 0. The first-order valence-corrected chi connectivity index (χ1v) is 7.85. The van der Waals surface area contributed by atoms with Gasteiger partial charge in [0.1, 0.15) is 0 Å². The van der Waals surface area contributed by atoms with Gasteiger partial charge in [0.15, 0.2) is 0 Å². The van der Waals surface area contributed by atoms with Gasteiger partial charge in [-0.1, -0.05) is 33.8 Å². The molecule has 1 heteroatoms. The van der Waals surface area contributed by atoms with Gasteiger partial charge in [-0.3, -0.25) is 0 Å². The third-order valence-corrected chi connectivity index (χ3v) is 6.21. The Balaban J connectivity index is 2.59. The van der Waals surface area contributed by atoms with Crippen LogP contribution in [-0.2, 0) is 0 Å². The molecule has 1 aliphatic heterocycles. The van der Waals surface area contributed by atoms with Gasteiger partial charge in [-0.05, 0) is 45.6 Å². The van der Waals surface area contributed by atoms with E-state index in [2.05, 4.69) is 51.7 Å². The first-order valence-electron chi connectivity index (χ1n) is 5.34. The SMILES string of the molecule is CC1(C)CC(C)(C)C2=C1C=CS2(C)C. The highest BCUT2D eigenvalue weighted by molar-refractivity contribution is 8.38. The van der Waals surface area contributed by atoms with Crippen molar-refractivity contribution in [2.75, 3.05) is 12.5 Å². The lowest BCUT2D eigenvalue weighted by atomic mass is 9.80. The molecule has 1 heterocycles. The van der Waals surface area contributed by atoms with Gasteiger partial charge in [0.05, 0.1) is 0 Å². The Morgan fingerprint density at radius 2 is 1.64 bits per heavy atom. The Kier molecular flexibility index (Phi) is 1.84. The Morgan fingerprint density at radius 1 is 1.07 bits per heavy atom. The first kappa shape index (κ1) is 10.4. The van der Waals surface area contributed by atoms with Crippen LogP contribution in [-0.4, -0.2) is 12.5 Å². The molecule has 0 aromatic carbocycles. The number of allylic oxidation sites excluding steroid dienone is 3. The van der Waals surface area contributed by atoms with Crippen molar-refractivity contribution in [1.82, 2.24) is 0 Å². The molecule has 0 unspecified atom stereocenters. The molecule has 0 aromatic rings. The summed E-state index contributed by atoms with van der Waals surface area (Å²) in [4.78, 5) is 1.76. The molecule has 14 heavy (non-hydrogen) atoms. The predicted octanol–water partition coefficient (Wildman–Crippen LogP) is 4.29. The van der Waals surface area contributed by atoms with E-state index in [9.17, 15) is 0 Å². The minimum atomic E-state index is -0.603. The molecule has 0 atom stereocenters. The fourth-order valence-corrected chi connectivity index (χ4v) is 6.58. The van der Waals surface area contributed by atoms with E-state index in [-0.39, 0.29) is 0 Å². The molecule has 0 saturated heterocycles. The summed E-state index contributed by atoms with van der Waals surface area (Å²) in [5.41, 5.74) is 2.46. The van der Waals surface area contributed by atoms with Crippen molar-refractivity contribution >= 4 is 10.0 Å². The number of hydrogen-bond acceptors (Lipinski definition) is 0. The molecule has 0 fully saturated rings. The van der Waals surface area contributed by atoms with Gasteiger partial charge in [0.2, 0.25) is 0 Å². The van der Waals surface area contributed by atoms with Gasteiger partial charge in [-0.25, -0.2) is 10.0 Å². The van der Waals surface area contributed by atoms with E-state index >= 15 is 0 Å². The summed E-state index contributed by atoms with van der Waals surface area (Å²) < 4.78 is 0. The van der Waals surface area contributed by atoms with Crippen LogP contribution in [0.4, 0.5) is 0 Å². The van der Waals surface area contributed by atoms with E-state index in [1.54, 1.807) is 10.5 Å². The quantitative estimate of drug-likeness (QED) is 0.559. The van der Waals surface area contributed by atoms with Gasteiger partial charge in [0, 0.05) is 0 Å². The maximum Gasteiger partial charge on any atom is -0.00446 e. The molecule has 2 aliphatic rings. The van der Waals surface area contributed by atoms with Crippen molar-refractivity contribution in [3.05, 3.63) is 22.0 Å². The van der Waals surface area contributed by atoms with Gasteiger partial charge >= 0.3 is 0 Å². The highest BCUT2D eigenvalue weighted by Crippen LogP contribution is 2.70. The lowest BCUT2D eigenvalue weighted by Gasteiger charge is -2.36. The predicted molar refractivity (Wildman–Crippen MR) is 67.8 cm³/mol. The average Bonchev–Trinajstić information content (AvgIpc) is 2.31. The molecule has 0 amide bonds. The van der Waals surface area contributed by atoms with Crippen molar-refractivity contribution in [2.24, 2.45) is 10.8 Å². The molecule has 1 aliphatic carbocycles. The second-order valence-corrected chi connectivity index (χ2v) is 9.89. The Morgan fingerprint density at radius 3 is 2.14 bits per heavy atom. The minimum absolute atomic E-state index is 0.399. The monoisotopic (exact) mass is 210 g/mol. The summed E-state index contributed by atoms with van der Waals surface area (Å²) in [5.74, 6) is 0. The van der Waals surface area contributed by atoms with Crippen molar-refractivity contribution in [3.63, 3.8) is 0 Å². The van der Waals surface area contributed by atoms with Crippen LogP contribution in [0.25, 0.3) is 0 Å². The highest BCUT2D eigenvalue weighted by atomic mass is 32.3. The Bertz CT molecular complexity index is 340. The fraction of sp³-hybridized carbons (Fsp3) is 0.692. The van der Waals surface area contributed by atoms with Gasteiger partial charge in [0.25, 0.3) is 0 Å². The van der Waals surface area contributed by atoms with Gasteiger partial charge < -0.3 is 0 Å². The zero-order chi connectivity index (χ0) is 10.8. The highest BCUT2D eigenvalue weighted by Gasteiger charge is 2.48. The maximum atomic E-state index is 2.46. The zero-order valence-electron chi connectivity index (χ0n) is 10.3. The normalized spacial score (nSPS) is 33.3. The van der Waals surface area contributed by atoms with Crippen LogP contribution in [0.5, 0.6) is 0 Å². The Labute approximate surface area is 89.8 Å².